The molecule has 2 aromatic rings. The van der Waals surface area contributed by atoms with Crippen molar-refractivity contribution in [2.24, 2.45) is 0 Å². The highest BCUT2D eigenvalue weighted by Crippen LogP contribution is 2.32. The Kier molecular flexibility index (Phi) is 6.19. The molecule has 1 saturated carbocycles. The lowest BCUT2D eigenvalue weighted by Crippen LogP contribution is -2.53. The highest BCUT2D eigenvalue weighted by molar-refractivity contribution is 7.89. The van der Waals surface area contributed by atoms with Crippen molar-refractivity contribution in [1.82, 2.24) is 9.62 Å². The predicted octanol–water partition coefficient (Wildman–Crippen LogP) is 3.70. The standard InChI is InChI=1S/C24H30N2O4S/c1-24(23(27)28,15-18-8-4-2-5-9-18)25-31(29,30)22-13-12-19-16-26(17-20(19)14-22)21-10-6-3-7-11-21/h2,4-5,8-9,12-14,21,25H,3,6-7,10-11,15-17H2,1H3,(H,27,28). The molecule has 1 unspecified atom stereocenters. The van der Waals surface area contributed by atoms with Crippen molar-refractivity contribution in [3.63, 3.8) is 0 Å². The summed E-state index contributed by atoms with van der Waals surface area (Å²) in [6.07, 6.45) is 6.29. The van der Waals surface area contributed by atoms with Gasteiger partial charge in [-0.15, -0.1) is 0 Å². The minimum atomic E-state index is -4.00. The molecule has 1 aliphatic heterocycles. The molecule has 6 nitrogen and oxygen atoms in total. The summed E-state index contributed by atoms with van der Waals surface area (Å²) >= 11 is 0. The van der Waals surface area contributed by atoms with Gasteiger partial charge in [0.05, 0.1) is 4.90 Å². The summed E-state index contributed by atoms with van der Waals surface area (Å²) in [4.78, 5) is 14.6. The van der Waals surface area contributed by atoms with Gasteiger partial charge in [-0.3, -0.25) is 9.69 Å². The SMILES string of the molecule is CC(Cc1ccccc1)(NS(=O)(=O)c1ccc2c(c1)CN(C1CCCCC1)C2)C(=O)O. The summed E-state index contributed by atoms with van der Waals surface area (Å²) in [6.45, 7) is 3.02. The van der Waals surface area contributed by atoms with Crippen LogP contribution >= 0.6 is 0 Å². The van der Waals surface area contributed by atoms with E-state index in [1.807, 2.05) is 24.3 Å². The van der Waals surface area contributed by atoms with E-state index in [9.17, 15) is 18.3 Å². The number of hydrogen-bond donors (Lipinski definition) is 2. The average Bonchev–Trinajstić information content (AvgIpc) is 3.18. The molecule has 1 aliphatic carbocycles. The summed E-state index contributed by atoms with van der Waals surface area (Å²) in [5.74, 6) is -1.20. The van der Waals surface area contributed by atoms with Crippen LogP contribution in [-0.4, -0.2) is 36.0 Å². The number of fused-ring (bicyclic) bond motifs is 1. The van der Waals surface area contributed by atoms with Gasteiger partial charge in [0.15, 0.2) is 0 Å². The molecule has 31 heavy (non-hydrogen) atoms. The second kappa shape index (κ2) is 8.73. The number of sulfonamides is 1. The third-order valence-electron chi connectivity index (χ3n) is 6.56. The summed E-state index contributed by atoms with van der Waals surface area (Å²) in [5.41, 5.74) is 1.29. The van der Waals surface area contributed by atoms with E-state index in [2.05, 4.69) is 9.62 Å². The van der Waals surface area contributed by atoms with Crippen LogP contribution in [-0.2, 0) is 34.3 Å². The van der Waals surface area contributed by atoms with E-state index in [0.717, 1.165) is 29.8 Å². The number of hydrogen-bond acceptors (Lipinski definition) is 4. The molecule has 0 saturated heterocycles. The maximum Gasteiger partial charge on any atom is 0.324 e. The first-order valence-corrected chi connectivity index (χ1v) is 12.4. The van der Waals surface area contributed by atoms with Gasteiger partial charge < -0.3 is 5.11 Å². The Bertz CT molecular complexity index is 1050. The van der Waals surface area contributed by atoms with Crippen LogP contribution in [0.2, 0.25) is 0 Å². The van der Waals surface area contributed by atoms with Gasteiger partial charge in [0.2, 0.25) is 10.0 Å². The highest BCUT2D eigenvalue weighted by Gasteiger charge is 2.38. The van der Waals surface area contributed by atoms with Crippen molar-refractivity contribution in [3.8, 4) is 0 Å². The quantitative estimate of drug-likeness (QED) is 0.683. The molecule has 1 fully saturated rings. The Labute approximate surface area is 184 Å². The van der Waals surface area contributed by atoms with Crippen LogP contribution in [0.3, 0.4) is 0 Å². The highest BCUT2D eigenvalue weighted by atomic mass is 32.2. The first-order valence-electron chi connectivity index (χ1n) is 10.9. The fraction of sp³-hybridized carbons (Fsp3) is 0.458. The Balaban J connectivity index is 1.53. The first kappa shape index (κ1) is 22.0. The molecule has 0 spiro atoms. The minimum absolute atomic E-state index is 0.0583. The van der Waals surface area contributed by atoms with Crippen LogP contribution in [0.25, 0.3) is 0 Å². The van der Waals surface area contributed by atoms with Crippen LogP contribution in [0.4, 0.5) is 0 Å². The van der Waals surface area contributed by atoms with E-state index in [1.54, 1.807) is 24.3 Å². The van der Waals surface area contributed by atoms with Crippen molar-refractivity contribution in [1.29, 1.82) is 0 Å². The molecule has 2 aromatic carbocycles. The second-order valence-electron chi connectivity index (χ2n) is 9.03. The van der Waals surface area contributed by atoms with Crippen LogP contribution in [0.5, 0.6) is 0 Å². The van der Waals surface area contributed by atoms with Crippen molar-refractivity contribution >= 4 is 16.0 Å². The van der Waals surface area contributed by atoms with Crippen molar-refractivity contribution < 1.29 is 18.3 Å². The minimum Gasteiger partial charge on any atom is -0.480 e. The molecule has 4 rings (SSSR count). The zero-order valence-corrected chi connectivity index (χ0v) is 18.7. The number of aliphatic carboxylic acids is 1. The van der Waals surface area contributed by atoms with E-state index in [4.69, 9.17) is 0 Å². The Morgan fingerprint density at radius 3 is 2.42 bits per heavy atom. The van der Waals surface area contributed by atoms with Crippen LogP contribution in [0.1, 0.15) is 55.7 Å². The number of carboxylic acids is 1. The average molecular weight is 443 g/mol. The lowest BCUT2D eigenvalue weighted by atomic mass is 9.94. The van der Waals surface area contributed by atoms with E-state index in [0.29, 0.717) is 6.04 Å². The van der Waals surface area contributed by atoms with Gasteiger partial charge in [-0.1, -0.05) is 55.7 Å². The molecule has 0 aromatic heterocycles. The molecular weight excluding hydrogens is 412 g/mol. The third-order valence-corrected chi connectivity index (χ3v) is 8.15. The molecule has 7 heteroatoms. The number of benzene rings is 2. The molecule has 1 heterocycles. The predicted molar refractivity (Wildman–Crippen MR) is 119 cm³/mol. The van der Waals surface area contributed by atoms with Gasteiger partial charge >= 0.3 is 5.97 Å². The molecular formula is C24H30N2O4S. The largest absolute Gasteiger partial charge is 0.480 e. The van der Waals surface area contributed by atoms with E-state index in [-0.39, 0.29) is 11.3 Å². The van der Waals surface area contributed by atoms with E-state index in [1.165, 1.54) is 39.0 Å². The second-order valence-corrected chi connectivity index (χ2v) is 10.7. The van der Waals surface area contributed by atoms with Crippen LogP contribution in [0, 0.1) is 0 Å². The number of carboxylic acid groups (broad SMARTS) is 1. The molecule has 1 atom stereocenters. The normalized spacial score (nSPS) is 19.6. The Hall–Kier alpha value is -2.22. The fourth-order valence-electron chi connectivity index (χ4n) is 4.78. The topological polar surface area (TPSA) is 86.7 Å². The number of rotatable bonds is 7. The lowest BCUT2D eigenvalue weighted by Gasteiger charge is -2.30. The summed E-state index contributed by atoms with van der Waals surface area (Å²) in [6, 6.07) is 14.8. The monoisotopic (exact) mass is 442 g/mol. The smallest absolute Gasteiger partial charge is 0.324 e. The van der Waals surface area contributed by atoms with Crippen molar-refractivity contribution in [2.45, 2.75) is 75.0 Å². The van der Waals surface area contributed by atoms with E-state index < -0.39 is 21.5 Å². The first-order chi connectivity index (χ1) is 14.8. The van der Waals surface area contributed by atoms with Gasteiger partial charge in [0.1, 0.15) is 5.54 Å². The fourth-order valence-corrected chi connectivity index (χ4v) is 6.20. The maximum absolute atomic E-state index is 13.1. The zero-order chi connectivity index (χ0) is 22.1. The van der Waals surface area contributed by atoms with E-state index >= 15 is 0 Å². The molecule has 2 aliphatic rings. The summed E-state index contributed by atoms with van der Waals surface area (Å²) < 4.78 is 28.7. The van der Waals surface area contributed by atoms with Gasteiger partial charge in [-0.25, -0.2) is 8.42 Å². The maximum atomic E-state index is 13.1. The zero-order valence-electron chi connectivity index (χ0n) is 17.9. The molecule has 2 N–H and O–H groups in total. The molecule has 0 amide bonds. The number of nitrogens with one attached hydrogen (secondary N) is 1. The Morgan fingerprint density at radius 1 is 1.06 bits per heavy atom. The lowest BCUT2D eigenvalue weighted by molar-refractivity contribution is -0.143. The van der Waals surface area contributed by atoms with Gasteiger partial charge in [-0.2, -0.15) is 4.72 Å². The van der Waals surface area contributed by atoms with Crippen molar-refractivity contribution in [2.75, 3.05) is 0 Å². The van der Waals surface area contributed by atoms with Gasteiger partial charge in [-0.05, 0) is 48.6 Å². The van der Waals surface area contributed by atoms with Gasteiger partial charge in [0, 0.05) is 25.6 Å². The summed E-state index contributed by atoms with van der Waals surface area (Å²) in [5, 5.41) is 9.80. The van der Waals surface area contributed by atoms with Crippen LogP contribution < -0.4 is 4.72 Å². The number of nitrogens with zero attached hydrogens (tertiary/aromatic N) is 1. The summed E-state index contributed by atoms with van der Waals surface area (Å²) in [7, 11) is -4.00. The van der Waals surface area contributed by atoms with Gasteiger partial charge in [0.25, 0.3) is 0 Å². The number of carbonyl (C=O) groups is 1. The van der Waals surface area contributed by atoms with Crippen molar-refractivity contribution in [3.05, 3.63) is 65.2 Å². The molecule has 0 radical (unpaired) electrons. The molecule has 0 bridgehead atoms. The van der Waals surface area contributed by atoms with Crippen LogP contribution in [0.15, 0.2) is 53.4 Å². The third kappa shape index (κ3) is 4.84. The Morgan fingerprint density at radius 2 is 1.74 bits per heavy atom. The molecule has 166 valence electrons.